The molecular formula is C25H27Cl2F3N6O4. The van der Waals surface area contributed by atoms with Crippen LogP contribution in [-0.2, 0) is 22.3 Å². The van der Waals surface area contributed by atoms with Gasteiger partial charge in [0.1, 0.15) is 6.04 Å². The zero-order valence-electron chi connectivity index (χ0n) is 21.5. The Morgan fingerprint density at radius 3 is 2.27 bits per heavy atom. The standard InChI is InChI=1S/C25H27Cl2F3N6O4/c1-35(2)13-20(37)32-21-17(26)10-14(11-18(21)27)12-31-23(34-24(39)40)33-22(38)19-4-3-9-36(19)16-7-5-15(6-8-16)25(28,29)30/h5-8,10-11,19H,3-4,9,12-13H2,1-2H3,(H,32,37)(H,39,40)(H2,31,33,34,38). The first kappa shape index (κ1) is 31.0. The van der Waals surface area contributed by atoms with Crippen LogP contribution >= 0.6 is 23.2 Å². The maximum atomic E-state index is 13.1. The van der Waals surface area contributed by atoms with E-state index >= 15 is 0 Å². The Morgan fingerprint density at radius 1 is 1.10 bits per heavy atom. The fraction of sp³-hybridized carbons (Fsp3) is 0.360. The number of rotatable bonds is 7. The summed E-state index contributed by atoms with van der Waals surface area (Å²) < 4.78 is 38.8. The highest BCUT2D eigenvalue weighted by Gasteiger charge is 2.33. The molecule has 3 amide bonds. The van der Waals surface area contributed by atoms with Crippen LogP contribution in [0, 0.1) is 0 Å². The van der Waals surface area contributed by atoms with E-state index in [1.807, 2.05) is 5.32 Å². The molecule has 0 radical (unpaired) electrons. The number of nitrogens with one attached hydrogen (secondary N) is 3. The number of alkyl halides is 3. The molecule has 1 saturated heterocycles. The summed E-state index contributed by atoms with van der Waals surface area (Å²) in [6.45, 7) is 0.408. The first-order chi connectivity index (χ1) is 18.7. The lowest BCUT2D eigenvalue weighted by atomic mass is 10.1. The van der Waals surface area contributed by atoms with Crippen molar-refractivity contribution in [1.29, 1.82) is 0 Å². The number of hydrogen-bond donors (Lipinski definition) is 4. The summed E-state index contributed by atoms with van der Waals surface area (Å²) in [7, 11) is 3.45. The molecule has 0 saturated carbocycles. The second-order valence-corrected chi connectivity index (χ2v) is 10.0. The second kappa shape index (κ2) is 13.2. The monoisotopic (exact) mass is 602 g/mol. The minimum atomic E-state index is -4.48. The van der Waals surface area contributed by atoms with Crippen LogP contribution in [0.25, 0.3) is 0 Å². The highest BCUT2D eigenvalue weighted by molar-refractivity contribution is 6.39. The molecule has 216 valence electrons. The van der Waals surface area contributed by atoms with Gasteiger partial charge in [0.2, 0.25) is 17.8 Å². The van der Waals surface area contributed by atoms with Gasteiger partial charge in [-0.25, -0.2) is 9.79 Å². The minimum Gasteiger partial charge on any atom is -0.465 e. The largest absolute Gasteiger partial charge is 0.465 e. The van der Waals surface area contributed by atoms with Crippen molar-refractivity contribution in [2.45, 2.75) is 31.6 Å². The average molecular weight is 603 g/mol. The lowest BCUT2D eigenvalue weighted by molar-refractivity contribution is -0.137. The van der Waals surface area contributed by atoms with Crippen molar-refractivity contribution in [2.75, 3.05) is 37.4 Å². The van der Waals surface area contributed by atoms with Gasteiger partial charge in [0.25, 0.3) is 0 Å². The predicted molar refractivity (Wildman–Crippen MR) is 146 cm³/mol. The van der Waals surface area contributed by atoms with Gasteiger partial charge in [-0.15, -0.1) is 0 Å². The van der Waals surface area contributed by atoms with Gasteiger partial charge < -0.3 is 20.2 Å². The van der Waals surface area contributed by atoms with Crippen LogP contribution < -0.4 is 20.9 Å². The maximum Gasteiger partial charge on any atom is 0.416 e. The van der Waals surface area contributed by atoms with Crippen LogP contribution in [0.15, 0.2) is 41.4 Å². The summed E-state index contributed by atoms with van der Waals surface area (Å²) in [6, 6.07) is 6.69. The maximum absolute atomic E-state index is 13.1. The van der Waals surface area contributed by atoms with Crippen LogP contribution in [0.4, 0.5) is 29.3 Å². The van der Waals surface area contributed by atoms with Crippen molar-refractivity contribution in [3.63, 3.8) is 0 Å². The highest BCUT2D eigenvalue weighted by atomic mass is 35.5. The molecule has 4 N–H and O–H groups in total. The number of anilines is 2. The van der Waals surface area contributed by atoms with Crippen LogP contribution in [0.3, 0.4) is 0 Å². The van der Waals surface area contributed by atoms with Crippen LogP contribution in [0.5, 0.6) is 0 Å². The smallest absolute Gasteiger partial charge is 0.416 e. The Labute approximate surface area is 238 Å². The molecule has 0 aromatic heterocycles. The van der Waals surface area contributed by atoms with Gasteiger partial charge in [-0.2, -0.15) is 13.2 Å². The molecule has 0 spiro atoms. The molecule has 2 aromatic carbocycles. The number of guanidine groups is 1. The van der Waals surface area contributed by atoms with Gasteiger partial charge >= 0.3 is 12.3 Å². The Kier molecular flexibility index (Phi) is 10.2. The molecule has 1 heterocycles. The van der Waals surface area contributed by atoms with Gasteiger partial charge in [0, 0.05) is 12.2 Å². The summed E-state index contributed by atoms with van der Waals surface area (Å²) in [5.74, 6) is -1.26. The quantitative estimate of drug-likeness (QED) is 0.274. The summed E-state index contributed by atoms with van der Waals surface area (Å²) in [5.41, 5.74) is 0.301. The van der Waals surface area contributed by atoms with Crippen molar-refractivity contribution in [2.24, 2.45) is 4.99 Å². The van der Waals surface area contributed by atoms with Crippen molar-refractivity contribution < 1.29 is 32.7 Å². The molecule has 40 heavy (non-hydrogen) atoms. The molecular weight excluding hydrogens is 576 g/mol. The summed E-state index contributed by atoms with van der Waals surface area (Å²) >= 11 is 12.6. The van der Waals surface area contributed by atoms with Crippen molar-refractivity contribution >= 4 is 58.4 Å². The third kappa shape index (κ3) is 8.47. The number of carbonyl (C=O) groups excluding carboxylic acids is 2. The van der Waals surface area contributed by atoms with Gasteiger partial charge in [-0.1, -0.05) is 23.2 Å². The predicted octanol–water partition coefficient (Wildman–Crippen LogP) is 4.42. The Balaban J connectivity index is 1.73. The number of amides is 3. The van der Waals surface area contributed by atoms with Crippen LogP contribution in [0.2, 0.25) is 10.0 Å². The van der Waals surface area contributed by atoms with E-state index in [9.17, 15) is 32.7 Å². The molecule has 15 heteroatoms. The normalized spacial score (nSPS) is 15.8. The van der Waals surface area contributed by atoms with Gasteiger partial charge in [-0.3, -0.25) is 20.2 Å². The zero-order valence-corrected chi connectivity index (χ0v) is 23.0. The van der Waals surface area contributed by atoms with E-state index in [1.165, 1.54) is 24.3 Å². The molecule has 1 aliphatic rings. The highest BCUT2D eigenvalue weighted by Crippen LogP contribution is 2.33. The zero-order chi connectivity index (χ0) is 29.6. The molecule has 2 aromatic rings. The van der Waals surface area contributed by atoms with Gasteiger partial charge in [-0.05, 0) is 68.9 Å². The first-order valence-corrected chi connectivity index (χ1v) is 12.7. The average Bonchev–Trinajstić information content (AvgIpc) is 3.34. The number of benzene rings is 2. The number of hydrogen-bond acceptors (Lipinski definition) is 6. The fourth-order valence-corrected chi connectivity index (χ4v) is 4.70. The number of likely N-dealkylation sites (N-methyl/N-ethyl adjacent to an activating group) is 1. The Morgan fingerprint density at radius 2 is 1.73 bits per heavy atom. The lowest BCUT2D eigenvalue weighted by Gasteiger charge is -2.26. The van der Waals surface area contributed by atoms with E-state index in [1.54, 1.807) is 23.9 Å². The van der Waals surface area contributed by atoms with E-state index < -0.39 is 29.8 Å². The lowest BCUT2D eigenvalue weighted by Crippen LogP contribution is -2.50. The van der Waals surface area contributed by atoms with E-state index in [0.29, 0.717) is 30.6 Å². The molecule has 1 unspecified atom stereocenters. The molecule has 1 atom stereocenters. The number of halogens is 5. The van der Waals surface area contributed by atoms with E-state index in [0.717, 1.165) is 12.1 Å². The van der Waals surface area contributed by atoms with Crippen LogP contribution in [0.1, 0.15) is 24.0 Å². The molecule has 0 bridgehead atoms. The molecule has 0 aliphatic carbocycles. The van der Waals surface area contributed by atoms with E-state index in [2.05, 4.69) is 15.6 Å². The van der Waals surface area contributed by atoms with Crippen molar-refractivity contribution in [3.05, 3.63) is 57.6 Å². The molecule has 1 fully saturated rings. The van der Waals surface area contributed by atoms with Gasteiger partial charge in [0.05, 0.1) is 34.4 Å². The first-order valence-electron chi connectivity index (χ1n) is 12.0. The molecule has 3 rings (SSSR count). The Bertz CT molecular complexity index is 1270. The van der Waals surface area contributed by atoms with Crippen molar-refractivity contribution in [1.82, 2.24) is 15.5 Å². The van der Waals surface area contributed by atoms with Gasteiger partial charge in [0.15, 0.2) is 0 Å². The second-order valence-electron chi connectivity index (χ2n) is 9.20. The summed E-state index contributed by atoms with van der Waals surface area (Å²) in [5, 5.41) is 16.6. The van der Waals surface area contributed by atoms with E-state index in [4.69, 9.17) is 23.2 Å². The summed E-state index contributed by atoms with van der Waals surface area (Å²) in [6.07, 6.45) is -4.95. The minimum absolute atomic E-state index is 0.111. The number of carbonyl (C=O) groups is 3. The number of carboxylic acid groups (broad SMARTS) is 1. The fourth-order valence-electron chi connectivity index (χ4n) is 4.07. The third-order valence-corrected chi connectivity index (χ3v) is 6.39. The number of aliphatic imine (C=N–C) groups is 1. The Hall–Kier alpha value is -3.55. The molecule has 10 nitrogen and oxygen atoms in total. The number of nitrogens with zero attached hydrogens (tertiary/aromatic N) is 3. The molecule has 1 aliphatic heterocycles. The third-order valence-electron chi connectivity index (χ3n) is 5.79. The van der Waals surface area contributed by atoms with Crippen LogP contribution in [-0.4, -0.2) is 67.1 Å². The van der Waals surface area contributed by atoms with Crippen molar-refractivity contribution in [3.8, 4) is 0 Å². The topological polar surface area (TPSA) is 126 Å². The SMILES string of the molecule is CN(C)CC(=O)Nc1c(Cl)cc(CN=C(NC(=O)O)NC(=O)C2CCCN2c2ccc(C(F)(F)F)cc2)cc1Cl. The van der Waals surface area contributed by atoms with E-state index in [-0.39, 0.29) is 40.7 Å². The summed E-state index contributed by atoms with van der Waals surface area (Å²) in [4.78, 5) is 43.9.